The first-order valence-corrected chi connectivity index (χ1v) is 28.9. The summed E-state index contributed by atoms with van der Waals surface area (Å²) in [5.41, 5.74) is 9.09. The molecule has 22 heteroatoms. The summed E-state index contributed by atoms with van der Waals surface area (Å²) in [6, 6.07) is 27.4. The summed E-state index contributed by atoms with van der Waals surface area (Å²) in [6.45, 7) is 16.1. The summed E-state index contributed by atoms with van der Waals surface area (Å²) in [5.74, 6) is 2.84. The largest absolute Gasteiger partial charge is 0.494 e. The molecule has 8 N–H and O–H groups in total. The number of nitrogens with one attached hydrogen (secondary N) is 7. The maximum Gasteiger partial charge on any atom is 0.260 e. The van der Waals surface area contributed by atoms with Crippen molar-refractivity contribution in [3.8, 4) is 17.1 Å². The number of hydrogen-bond acceptors (Lipinski definition) is 16. The number of aromatic amines is 1. The number of likely N-dealkylation sites (tertiary alicyclic amines) is 1. The number of alkyl halides is 1. The number of aliphatic hydroxyl groups is 1. The van der Waals surface area contributed by atoms with Crippen molar-refractivity contribution < 1.29 is 42.9 Å². The van der Waals surface area contributed by atoms with E-state index in [9.17, 15) is 23.6 Å². The number of amides is 4. The van der Waals surface area contributed by atoms with Gasteiger partial charge in [0.1, 0.15) is 12.4 Å². The van der Waals surface area contributed by atoms with Gasteiger partial charge in [0.15, 0.2) is 11.6 Å². The number of unbranched alkanes of at least 4 members (excludes halogenated alkanes) is 2. The molecule has 2 atom stereocenters. The van der Waals surface area contributed by atoms with Gasteiger partial charge < -0.3 is 50.8 Å². The van der Waals surface area contributed by atoms with E-state index in [4.69, 9.17) is 24.3 Å². The van der Waals surface area contributed by atoms with E-state index < -0.39 is 5.54 Å². The number of thioether (sulfide) groups is 1. The van der Waals surface area contributed by atoms with Crippen molar-refractivity contribution in [2.24, 2.45) is 0 Å². The molecule has 0 aliphatic carbocycles. The Kier molecular flexibility index (Phi) is 28.2. The SMILES string of the molecule is CC(NC(=O)c1cccc(NC2(c3nc(-c4ccncc4)n[nH]3)CCNCC2)c1)c1ccc(OCCCCCOCCCOCC(=O)NN(C)C(C)(C)C)cc1.CC1=C(c2ccc(CNC=O)cc2)SCN1.CF.O=CN1CCC(O)C1. The molecule has 4 amide bonds. The Morgan fingerprint density at radius 3 is 2.28 bits per heavy atom. The monoisotopic (exact) mass is 1150 g/mol. The van der Waals surface area contributed by atoms with E-state index >= 15 is 0 Å². The van der Waals surface area contributed by atoms with Crippen molar-refractivity contribution in [2.75, 3.05) is 84.6 Å². The summed E-state index contributed by atoms with van der Waals surface area (Å²) in [4.78, 5) is 57.4. The van der Waals surface area contributed by atoms with Gasteiger partial charge in [-0.25, -0.2) is 9.99 Å². The number of aliphatic hydroxyl groups excluding tert-OH is 1. The molecule has 82 heavy (non-hydrogen) atoms. The van der Waals surface area contributed by atoms with E-state index in [1.165, 1.54) is 16.2 Å². The first-order valence-electron chi connectivity index (χ1n) is 27.9. The lowest BCUT2D eigenvalue weighted by Crippen LogP contribution is -2.51. The number of benzene rings is 3. The highest BCUT2D eigenvalue weighted by Gasteiger charge is 2.37. The van der Waals surface area contributed by atoms with Gasteiger partial charge in [-0.3, -0.25) is 39.1 Å². The lowest BCUT2D eigenvalue weighted by Gasteiger charge is -2.37. The highest BCUT2D eigenvalue weighted by Crippen LogP contribution is 2.35. The molecule has 2 fully saturated rings. The van der Waals surface area contributed by atoms with Crippen LogP contribution in [0.3, 0.4) is 0 Å². The molecular weight excluding hydrogens is 1070 g/mol. The van der Waals surface area contributed by atoms with Crippen LogP contribution in [0.25, 0.3) is 16.3 Å². The zero-order chi connectivity index (χ0) is 59.2. The molecule has 5 heterocycles. The molecule has 2 unspecified atom stereocenters. The number of anilines is 1. The number of allylic oxidation sites excluding steroid dienone is 1. The molecule has 0 spiro atoms. The van der Waals surface area contributed by atoms with Crippen molar-refractivity contribution in [2.45, 2.75) is 109 Å². The molecule has 0 saturated carbocycles. The van der Waals surface area contributed by atoms with Crippen molar-refractivity contribution in [3.63, 3.8) is 0 Å². The van der Waals surface area contributed by atoms with Crippen LogP contribution in [-0.2, 0) is 35.9 Å². The third kappa shape index (κ3) is 22.1. The Morgan fingerprint density at radius 1 is 0.927 bits per heavy atom. The number of halogens is 1. The Bertz CT molecular complexity index is 2710. The summed E-state index contributed by atoms with van der Waals surface area (Å²) in [6.07, 6.45) is 10.6. The van der Waals surface area contributed by atoms with Gasteiger partial charge in [-0.1, -0.05) is 42.5 Å². The molecule has 3 aromatic carbocycles. The molecule has 2 saturated heterocycles. The quantitative estimate of drug-likeness (QED) is 0.0152. The molecular formula is C60H85FN12O8S. The standard InChI is InChI=1S/C42H59N9O5.C12H14N2OS.C5H9NO2.CH3F/c1-31(32-13-15-36(16-14-32)56-28-8-6-7-25-54-26-10-27-55-30-37(52)50-51(5)41(2,3)4)45-39(53)34-11-9-12-35(29-34)47-42(19-23-44-24-20-42)40-46-38(48-49-40)33-17-21-43-22-18-33;1-9-12(16-8-14-9)11-4-2-10(3-5-11)6-13-7-15;7-4-6-2-1-5(8)3-6;1-2/h9,11-18,21-22,29,31,44,47H,6-8,10,19-20,23-28,30H2,1-5H3,(H,45,53)(H,50,52)(H,46,48,49);2-5,7,14H,6,8H2,1H3,(H,13,15);4-5,8H,1-3H2;1H3. The number of aromatic nitrogens is 4. The Hall–Kier alpha value is -6.95. The fourth-order valence-corrected chi connectivity index (χ4v) is 9.73. The van der Waals surface area contributed by atoms with Crippen LogP contribution in [0.1, 0.15) is 118 Å². The predicted molar refractivity (Wildman–Crippen MR) is 320 cm³/mol. The Morgan fingerprint density at radius 2 is 1.63 bits per heavy atom. The second-order valence-corrected chi connectivity index (χ2v) is 21.9. The van der Waals surface area contributed by atoms with Crippen LogP contribution in [0.2, 0.25) is 0 Å². The summed E-state index contributed by atoms with van der Waals surface area (Å²) < 4.78 is 26.6. The van der Waals surface area contributed by atoms with Crippen LogP contribution < -0.4 is 36.7 Å². The van der Waals surface area contributed by atoms with Gasteiger partial charge in [-0.2, -0.15) is 5.10 Å². The predicted octanol–water partition coefficient (Wildman–Crippen LogP) is 7.49. The van der Waals surface area contributed by atoms with Crippen molar-refractivity contribution in [1.29, 1.82) is 0 Å². The van der Waals surface area contributed by atoms with Crippen LogP contribution in [0, 0.1) is 0 Å². The van der Waals surface area contributed by atoms with Gasteiger partial charge in [0.25, 0.3) is 11.8 Å². The third-order valence-electron chi connectivity index (χ3n) is 13.7. The van der Waals surface area contributed by atoms with Crippen LogP contribution in [0.15, 0.2) is 103 Å². The fraction of sp³-hybridized carbons (Fsp3) is 0.483. The Labute approximate surface area is 486 Å². The zero-order valence-electron chi connectivity index (χ0n) is 48.6. The number of β-amino-alcohol motifs (C(OH)–C–C–N with tert-alkyl or cyclic N) is 1. The van der Waals surface area contributed by atoms with E-state index in [-0.39, 0.29) is 36.1 Å². The molecule has 0 bridgehead atoms. The number of carbonyl (C=O) groups excluding carboxylic acids is 4. The summed E-state index contributed by atoms with van der Waals surface area (Å²) in [7, 11) is 2.34. The lowest BCUT2D eigenvalue weighted by atomic mass is 9.87. The number of H-pyrrole nitrogens is 1. The molecule has 446 valence electrons. The highest BCUT2D eigenvalue weighted by molar-refractivity contribution is 8.08. The molecule has 2 aromatic heterocycles. The van der Waals surface area contributed by atoms with Gasteiger partial charge >= 0.3 is 0 Å². The summed E-state index contributed by atoms with van der Waals surface area (Å²) >= 11 is 1.82. The number of carbonyl (C=O) groups is 4. The van der Waals surface area contributed by atoms with Gasteiger partial charge in [-0.15, -0.1) is 11.8 Å². The van der Waals surface area contributed by atoms with E-state index in [0.29, 0.717) is 64.6 Å². The minimum atomic E-state index is -0.465. The fourth-order valence-electron chi connectivity index (χ4n) is 8.70. The molecule has 0 radical (unpaired) electrons. The second-order valence-electron chi connectivity index (χ2n) is 20.9. The van der Waals surface area contributed by atoms with Crippen LogP contribution in [0.4, 0.5) is 10.1 Å². The van der Waals surface area contributed by atoms with E-state index in [2.05, 4.69) is 66.2 Å². The topological polar surface area (TPSA) is 249 Å². The molecule has 3 aliphatic heterocycles. The maximum atomic E-state index is 13.4. The first-order chi connectivity index (χ1) is 39.7. The van der Waals surface area contributed by atoms with E-state index in [1.54, 1.807) is 22.3 Å². The van der Waals surface area contributed by atoms with Gasteiger partial charge in [-0.05, 0) is 152 Å². The number of nitrogens with zero attached hydrogens (tertiary/aromatic N) is 5. The molecule has 3 aliphatic rings. The number of pyridine rings is 1. The average molecular weight is 1150 g/mol. The van der Waals surface area contributed by atoms with Crippen LogP contribution in [-0.4, -0.2) is 151 Å². The number of piperidine rings is 1. The highest BCUT2D eigenvalue weighted by atomic mass is 32.2. The van der Waals surface area contributed by atoms with Gasteiger partial charge in [0.2, 0.25) is 12.8 Å². The average Bonchev–Trinajstić information content (AvgIpc) is 4.37. The smallest absolute Gasteiger partial charge is 0.260 e. The van der Waals surface area contributed by atoms with E-state index in [1.807, 2.05) is 119 Å². The summed E-state index contributed by atoms with van der Waals surface area (Å²) in [5, 5.41) is 34.5. The van der Waals surface area contributed by atoms with Crippen molar-refractivity contribution in [3.05, 3.63) is 131 Å². The van der Waals surface area contributed by atoms with Gasteiger partial charge in [0, 0.05) is 91.9 Å². The molecule has 20 nitrogen and oxygen atoms in total. The van der Waals surface area contributed by atoms with Crippen molar-refractivity contribution in [1.82, 2.24) is 56.8 Å². The minimum Gasteiger partial charge on any atom is -0.494 e. The molecule has 5 aromatic rings. The number of hydrazine groups is 1. The second kappa shape index (κ2) is 35.1. The zero-order valence-corrected chi connectivity index (χ0v) is 49.4. The maximum absolute atomic E-state index is 13.4. The lowest BCUT2D eigenvalue weighted by molar-refractivity contribution is -0.132. The number of rotatable bonds is 26. The third-order valence-corrected chi connectivity index (χ3v) is 14.8. The van der Waals surface area contributed by atoms with Gasteiger partial charge in [0.05, 0.1) is 37.3 Å². The first kappa shape index (κ1) is 65.9. The number of ether oxygens (including phenoxy) is 3. The normalized spacial score (nSPS) is 15.7. The van der Waals surface area contributed by atoms with Crippen LogP contribution in [0.5, 0.6) is 5.75 Å². The van der Waals surface area contributed by atoms with Crippen LogP contribution >= 0.6 is 11.8 Å². The minimum absolute atomic E-state index is 0.0361. The molecule has 8 rings (SSSR count). The van der Waals surface area contributed by atoms with Crippen molar-refractivity contribution >= 4 is 47.0 Å². The number of hydrogen-bond donors (Lipinski definition) is 8. The Balaban J connectivity index is 0.000000385. The van der Waals surface area contributed by atoms with E-state index in [0.717, 1.165) is 111 Å².